The Morgan fingerprint density at radius 2 is 1.94 bits per heavy atom. The van der Waals surface area contributed by atoms with E-state index in [1.54, 1.807) is 6.07 Å². The Labute approximate surface area is 99.9 Å². The van der Waals surface area contributed by atoms with Crippen molar-refractivity contribution in [1.82, 2.24) is 9.97 Å². The first-order chi connectivity index (χ1) is 7.67. The van der Waals surface area contributed by atoms with Crippen LogP contribution in [0.4, 0.5) is 11.6 Å². The fourth-order valence-corrected chi connectivity index (χ4v) is 2.74. The number of aldehydes is 1. The van der Waals surface area contributed by atoms with Gasteiger partial charge in [0.15, 0.2) is 11.4 Å². The molecule has 2 aromatic heterocycles. The number of nitrogens with two attached hydrogens (primary N) is 2. The molecular formula is C9H8N4OS2. The summed E-state index contributed by atoms with van der Waals surface area (Å²) < 4.78 is 0. The summed E-state index contributed by atoms with van der Waals surface area (Å²) >= 11 is 2.69. The van der Waals surface area contributed by atoms with Crippen LogP contribution >= 0.6 is 23.1 Å². The summed E-state index contributed by atoms with van der Waals surface area (Å²) in [6, 6.07) is 3.26. The highest BCUT2D eigenvalue weighted by molar-refractivity contribution is 7.99. The molecule has 0 bridgehead atoms. The Bertz CT molecular complexity index is 506. The molecular weight excluding hydrogens is 244 g/mol. The van der Waals surface area contributed by atoms with Crippen molar-refractivity contribution in [3.8, 4) is 0 Å². The van der Waals surface area contributed by atoms with Gasteiger partial charge < -0.3 is 11.5 Å². The maximum atomic E-state index is 10.5. The molecule has 16 heavy (non-hydrogen) atoms. The molecule has 82 valence electrons. The van der Waals surface area contributed by atoms with Gasteiger partial charge in [0.05, 0.1) is 4.88 Å². The maximum absolute atomic E-state index is 10.5. The first kappa shape index (κ1) is 10.9. The van der Waals surface area contributed by atoms with Gasteiger partial charge in [0.2, 0.25) is 0 Å². The number of carbonyl (C=O) groups is 1. The molecule has 0 saturated carbocycles. The van der Waals surface area contributed by atoms with Crippen LogP contribution in [0.15, 0.2) is 27.6 Å². The van der Waals surface area contributed by atoms with Gasteiger partial charge in [0, 0.05) is 16.3 Å². The van der Waals surface area contributed by atoms with Gasteiger partial charge in [-0.2, -0.15) is 0 Å². The smallest absolute Gasteiger partial charge is 0.196 e. The van der Waals surface area contributed by atoms with Crippen LogP contribution in [0.1, 0.15) is 9.67 Å². The molecule has 2 heterocycles. The van der Waals surface area contributed by atoms with Gasteiger partial charge in [-0.05, 0) is 17.8 Å². The van der Waals surface area contributed by atoms with Crippen LogP contribution in [0.5, 0.6) is 0 Å². The van der Waals surface area contributed by atoms with E-state index in [0.29, 0.717) is 21.7 Å². The summed E-state index contributed by atoms with van der Waals surface area (Å²) in [7, 11) is 0. The number of thiophene rings is 1. The van der Waals surface area contributed by atoms with Crippen molar-refractivity contribution < 1.29 is 4.79 Å². The maximum Gasteiger partial charge on any atom is 0.196 e. The van der Waals surface area contributed by atoms with Crippen molar-refractivity contribution in [2.24, 2.45) is 0 Å². The highest BCUT2D eigenvalue weighted by Crippen LogP contribution is 2.29. The van der Waals surface area contributed by atoms with Crippen molar-refractivity contribution in [3.05, 3.63) is 22.4 Å². The zero-order valence-corrected chi connectivity index (χ0v) is 9.72. The lowest BCUT2D eigenvalue weighted by Gasteiger charge is -2.00. The molecule has 2 aromatic rings. The van der Waals surface area contributed by atoms with E-state index in [1.165, 1.54) is 29.2 Å². The molecule has 0 aliphatic carbocycles. The van der Waals surface area contributed by atoms with E-state index in [-0.39, 0.29) is 0 Å². The van der Waals surface area contributed by atoms with Gasteiger partial charge in [-0.3, -0.25) is 4.79 Å². The zero-order valence-electron chi connectivity index (χ0n) is 8.08. The molecule has 0 saturated heterocycles. The number of aromatic nitrogens is 2. The first-order valence-electron chi connectivity index (χ1n) is 4.29. The van der Waals surface area contributed by atoms with Crippen molar-refractivity contribution in [2.75, 3.05) is 11.5 Å². The van der Waals surface area contributed by atoms with E-state index >= 15 is 0 Å². The van der Waals surface area contributed by atoms with E-state index in [0.717, 1.165) is 11.2 Å². The van der Waals surface area contributed by atoms with Crippen molar-refractivity contribution in [1.29, 1.82) is 0 Å². The van der Waals surface area contributed by atoms with Gasteiger partial charge >= 0.3 is 0 Å². The summed E-state index contributed by atoms with van der Waals surface area (Å²) in [6.07, 6.45) is 0.809. The minimum Gasteiger partial charge on any atom is -0.383 e. The van der Waals surface area contributed by atoms with Gasteiger partial charge in [0.25, 0.3) is 0 Å². The predicted octanol–water partition coefficient (Wildman–Crippen LogP) is 1.67. The summed E-state index contributed by atoms with van der Waals surface area (Å²) in [5.41, 5.74) is 11.1. The number of hydrogen-bond acceptors (Lipinski definition) is 7. The van der Waals surface area contributed by atoms with E-state index in [2.05, 4.69) is 9.97 Å². The van der Waals surface area contributed by atoms with E-state index in [9.17, 15) is 4.79 Å². The monoisotopic (exact) mass is 252 g/mol. The molecule has 0 aromatic carbocycles. The molecule has 0 fully saturated rings. The second-order valence-corrected chi connectivity index (χ2v) is 4.89. The Morgan fingerprint density at radius 1 is 1.25 bits per heavy atom. The number of hydrogen-bond donors (Lipinski definition) is 2. The summed E-state index contributed by atoms with van der Waals surface area (Å²) in [5.74, 6) is 0.668. The Hall–Kier alpha value is -1.60. The van der Waals surface area contributed by atoms with E-state index < -0.39 is 0 Å². The van der Waals surface area contributed by atoms with Crippen LogP contribution < -0.4 is 11.5 Å². The number of nitrogen functional groups attached to an aromatic ring is 2. The number of rotatable bonds is 3. The highest BCUT2D eigenvalue weighted by atomic mass is 32.2. The molecule has 0 aliphatic rings. The number of anilines is 2. The predicted molar refractivity (Wildman–Crippen MR) is 64.7 cm³/mol. The molecule has 4 N–H and O–H groups in total. The van der Waals surface area contributed by atoms with Crippen LogP contribution in [0, 0.1) is 0 Å². The second-order valence-electron chi connectivity index (χ2n) is 2.90. The quantitative estimate of drug-likeness (QED) is 0.637. The largest absolute Gasteiger partial charge is 0.383 e. The molecule has 0 spiro atoms. The molecule has 0 radical (unpaired) electrons. The molecule has 0 aliphatic heterocycles. The topological polar surface area (TPSA) is 94.9 Å². The van der Waals surface area contributed by atoms with Gasteiger partial charge in [0.1, 0.15) is 11.6 Å². The van der Waals surface area contributed by atoms with E-state index in [4.69, 9.17) is 11.5 Å². The fraction of sp³-hybridized carbons (Fsp3) is 0. The molecule has 0 unspecified atom stereocenters. The van der Waals surface area contributed by atoms with Crippen molar-refractivity contribution in [2.45, 2.75) is 10.1 Å². The minimum absolute atomic E-state index is 0.334. The average Bonchev–Trinajstić information content (AvgIpc) is 2.64. The van der Waals surface area contributed by atoms with Crippen LogP contribution in [0.25, 0.3) is 0 Å². The molecule has 0 atom stereocenters. The Balaban J connectivity index is 2.22. The molecule has 7 heteroatoms. The third-order valence-corrected chi connectivity index (χ3v) is 3.51. The normalized spacial score (nSPS) is 10.2. The summed E-state index contributed by atoms with van der Waals surface area (Å²) in [4.78, 5) is 20.1. The van der Waals surface area contributed by atoms with E-state index in [1.807, 2.05) is 5.38 Å². The SMILES string of the molecule is Nc1cc(N)nc(Sc2csc(C=O)c2)n1. The van der Waals surface area contributed by atoms with Gasteiger partial charge in [-0.25, -0.2) is 9.97 Å². The summed E-state index contributed by atoms with van der Waals surface area (Å²) in [6.45, 7) is 0. The number of nitrogens with zero attached hydrogens (tertiary/aromatic N) is 2. The van der Waals surface area contributed by atoms with Crippen LogP contribution in [0.3, 0.4) is 0 Å². The standard InChI is InChI=1S/C9H8N4OS2/c10-7-2-8(11)13-9(12-7)16-6-1-5(3-14)15-4-6/h1-4H,(H4,10,11,12,13). The second kappa shape index (κ2) is 4.50. The lowest BCUT2D eigenvalue weighted by molar-refractivity contribution is 0.112. The fourth-order valence-electron chi connectivity index (χ4n) is 1.06. The number of carbonyl (C=O) groups excluding carboxylic acids is 1. The third-order valence-electron chi connectivity index (χ3n) is 1.67. The van der Waals surface area contributed by atoms with Gasteiger partial charge in [-0.15, -0.1) is 11.3 Å². The molecule has 2 rings (SSSR count). The Kier molecular flexibility index (Phi) is 3.07. The van der Waals surface area contributed by atoms with Crippen molar-refractivity contribution >= 4 is 41.0 Å². The van der Waals surface area contributed by atoms with Gasteiger partial charge in [-0.1, -0.05) is 0 Å². The average molecular weight is 252 g/mol. The first-order valence-corrected chi connectivity index (χ1v) is 5.98. The Morgan fingerprint density at radius 3 is 2.50 bits per heavy atom. The van der Waals surface area contributed by atoms with Crippen molar-refractivity contribution in [3.63, 3.8) is 0 Å². The minimum atomic E-state index is 0.334. The summed E-state index contributed by atoms with van der Waals surface area (Å²) in [5, 5.41) is 2.34. The lowest BCUT2D eigenvalue weighted by Crippen LogP contribution is -1.98. The van der Waals surface area contributed by atoms with Crippen LogP contribution in [0.2, 0.25) is 0 Å². The molecule has 0 amide bonds. The van der Waals surface area contributed by atoms with Crippen LogP contribution in [-0.2, 0) is 0 Å². The van der Waals surface area contributed by atoms with Crippen LogP contribution in [-0.4, -0.2) is 16.3 Å². The third kappa shape index (κ3) is 2.50. The molecule has 5 nitrogen and oxygen atoms in total. The highest BCUT2D eigenvalue weighted by Gasteiger charge is 2.05. The lowest BCUT2D eigenvalue weighted by atomic mass is 10.5. The zero-order chi connectivity index (χ0) is 11.5.